The number of carbonyl (C=O) groups is 1. The smallest absolute Gasteiger partial charge is 0.194 e. The molecule has 2 heterocycles. The Hall–Kier alpha value is -3.73. The number of aromatic nitrogens is 2. The predicted octanol–water partition coefficient (Wildman–Crippen LogP) is 5.32. The van der Waals surface area contributed by atoms with Crippen molar-refractivity contribution in [1.29, 1.82) is 0 Å². The average molecular weight is 372 g/mol. The number of rotatable bonds is 4. The van der Waals surface area contributed by atoms with E-state index in [-0.39, 0.29) is 22.3 Å². The first-order valence-electron chi connectivity index (χ1n) is 8.61. The fraction of sp³-hybridized carbons (Fsp3) is 0. The molecule has 28 heavy (non-hydrogen) atoms. The second kappa shape index (κ2) is 7.48. The quantitative estimate of drug-likeness (QED) is 0.455. The van der Waals surface area contributed by atoms with Gasteiger partial charge in [-0.05, 0) is 36.4 Å². The van der Waals surface area contributed by atoms with Gasteiger partial charge >= 0.3 is 0 Å². The van der Waals surface area contributed by atoms with Crippen molar-refractivity contribution in [2.75, 3.05) is 0 Å². The van der Waals surface area contributed by atoms with Crippen molar-refractivity contribution >= 4 is 5.78 Å². The summed E-state index contributed by atoms with van der Waals surface area (Å²) in [6, 6.07) is 18.6. The molecule has 2 aromatic carbocycles. The Morgan fingerprint density at radius 1 is 0.607 bits per heavy atom. The number of ketones is 1. The van der Waals surface area contributed by atoms with Gasteiger partial charge in [-0.15, -0.1) is 0 Å². The van der Waals surface area contributed by atoms with Crippen LogP contribution in [0.15, 0.2) is 85.2 Å². The highest BCUT2D eigenvalue weighted by atomic mass is 19.1. The van der Waals surface area contributed by atoms with Crippen LogP contribution >= 0.6 is 0 Å². The summed E-state index contributed by atoms with van der Waals surface area (Å²) in [7, 11) is 0. The van der Waals surface area contributed by atoms with Crippen LogP contribution in [0.4, 0.5) is 8.78 Å². The lowest BCUT2D eigenvalue weighted by Gasteiger charge is -2.13. The lowest BCUT2D eigenvalue weighted by molar-refractivity contribution is 0.103. The lowest BCUT2D eigenvalue weighted by Crippen LogP contribution is -2.08. The number of benzene rings is 2. The number of nitrogens with zero attached hydrogens (tertiary/aromatic N) is 2. The minimum Gasteiger partial charge on any atom is -0.289 e. The second-order valence-corrected chi connectivity index (χ2v) is 6.08. The average Bonchev–Trinajstić information content (AvgIpc) is 2.74. The zero-order chi connectivity index (χ0) is 19.5. The highest BCUT2D eigenvalue weighted by Gasteiger charge is 2.23. The molecule has 0 aliphatic rings. The first kappa shape index (κ1) is 17.7. The highest BCUT2D eigenvalue weighted by Crippen LogP contribution is 2.31. The van der Waals surface area contributed by atoms with E-state index in [0.29, 0.717) is 11.4 Å². The predicted molar refractivity (Wildman–Crippen MR) is 103 cm³/mol. The van der Waals surface area contributed by atoms with Crippen molar-refractivity contribution in [1.82, 2.24) is 9.97 Å². The fourth-order valence-corrected chi connectivity index (χ4v) is 3.11. The van der Waals surface area contributed by atoms with Crippen LogP contribution < -0.4 is 0 Å². The molecule has 0 unspecified atom stereocenters. The van der Waals surface area contributed by atoms with E-state index < -0.39 is 17.4 Å². The minimum absolute atomic E-state index is 0.0873. The molecule has 2 aromatic heterocycles. The third-order valence-electron chi connectivity index (χ3n) is 4.36. The third kappa shape index (κ3) is 3.18. The number of hydrogen-bond donors (Lipinski definition) is 0. The van der Waals surface area contributed by atoms with Gasteiger partial charge in [-0.25, -0.2) is 8.78 Å². The third-order valence-corrected chi connectivity index (χ3v) is 4.36. The summed E-state index contributed by atoms with van der Waals surface area (Å²) in [5.74, 6) is -1.64. The van der Waals surface area contributed by atoms with E-state index in [9.17, 15) is 13.6 Å². The molecule has 0 spiro atoms. The summed E-state index contributed by atoms with van der Waals surface area (Å²) in [4.78, 5) is 21.7. The molecule has 3 nitrogen and oxygen atoms in total. The molecule has 5 heteroatoms. The zero-order valence-electron chi connectivity index (χ0n) is 14.6. The molecule has 0 saturated heterocycles. The maximum absolute atomic E-state index is 14.6. The van der Waals surface area contributed by atoms with Crippen LogP contribution in [0.5, 0.6) is 0 Å². The molecule has 0 aliphatic carbocycles. The normalized spacial score (nSPS) is 10.6. The van der Waals surface area contributed by atoms with Crippen LogP contribution in [0.2, 0.25) is 0 Å². The van der Waals surface area contributed by atoms with E-state index >= 15 is 0 Å². The maximum Gasteiger partial charge on any atom is 0.194 e. The fourth-order valence-electron chi connectivity index (χ4n) is 3.11. The Labute approximate surface area is 160 Å². The highest BCUT2D eigenvalue weighted by molar-refractivity contribution is 6.15. The van der Waals surface area contributed by atoms with Crippen molar-refractivity contribution in [3.8, 4) is 22.5 Å². The van der Waals surface area contributed by atoms with E-state index in [4.69, 9.17) is 0 Å². The van der Waals surface area contributed by atoms with Gasteiger partial charge in [0, 0.05) is 34.6 Å². The number of pyridine rings is 2. The van der Waals surface area contributed by atoms with Crippen LogP contribution in [-0.2, 0) is 0 Å². The van der Waals surface area contributed by atoms with Crippen molar-refractivity contribution in [3.05, 3.63) is 108 Å². The number of carbonyl (C=O) groups excluding carboxylic acids is 1. The molecule has 0 amide bonds. The largest absolute Gasteiger partial charge is 0.289 e. The molecule has 0 aliphatic heterocycles. The van der Waals surface area contributed by atoms with Crippen LogP contribution in [0.3, 0.4) is 0 Å². The van der Waals surface area contributed by atoms with Crippen molar-refractivity contribution < 1.29 is 13.6 Å². The SMILES string of the molecule is O=C(c1cccc(F)c1-c1ccccn1)c1cccc(F)c1-c1ccccn1. The standard InChI is InChI=1S/C23H14F2N2O/c24-17-9-5-7-15(21(17)19-11-1-3-13-26-19)23(28)16-8-6-10-18(25)22(16)20-12-2-4-14-27-20/h1-14H. The minimum atomic E-state index is -0.569. The van der Waals surface area contributed by atoms with Gasteiger partial charge in [0.25, 0.3) is 0 Å². The topological polar surface area (TPSA) is 42.9 Å². The first-order chi connectivity index (χ1) is 13.7. The van der Waals surface area contributed by atoms with Crippen LogP contribution in [0.25, 0.3) is 22.5 Å². The monoisotopic (exact) mass is 372 g/mol. The molecule has 136 valence electrons. The molecule has 0 saturated carbocycles. The second-order valence-electron chi connectivity index (χ2n) is 6.08. The van der Waals surface area contributed by atoms with Crippen molar-refractivity contribution in [2.45, 2.75) is 0 Å². The van der Waals surface area contributed by atoms with Gasteiger partial charge in [0.15, 0.2) is 5.78 Å². The van der Waals surface area contributed by atoms with Gasteiger partial charge in [-0.2, -0.15) is 0 Å². The summed E-state index contributed by atoms with van der Waals surface area (Å²) in [6.07, 6.45) is 3.05. The molecule has 4 rings (SSSR count). The van der Waals surface area contributed by atoms with E-state index in [2.05, 4.69) is 9.97 Å². The Bertz CT molecular complexity index is 1050. The Kier molecular flexibility index (Phi) is 4.72. The number of halogens is 2. The zero-order valence-corrected chi connectivity index (χ0v) is 14.6. The van der Waals surface area contributed by atoms with Crippen molar-refractivity contribution in [3.63, 3.8) is 0 Å². The van der Waals surface area contributed by atoms with E-state index in [1.807, 2.05) is 0 Å². The lowest BCUT2D eigenvalue weighted by atomic mass is 9.92. The summed E-state index contributed by atoms with van der Waals surface area (Å²) in [5, 5.41) is 0. The van der Waals surface area contributed by atoms with Gasteiger partial charge in [0.2, 0.25) is 0 Å². The van der Waals surface area contributed by atoms with Crippen molar-refractivity contribution in [2.24, 2.45) is 0 Å². The summed E-state index contributed by atoms with van der Waals surface area (Å²) >= 11 is 0. The van der Waals surface area contributed by atoms with Gasteiger partial charge in [0.05, 0.1) is 11.4 Å². The molecule has 0 radical (unpaired) electrons. The molecular formula is C23H14F2N2O. The van der Waals surface area contributed by atoms with Gasteiger partial charge in [-0.3, -0.25) is 14.8 Å². The van der Waals surface area contributed by atoms with Gasteiger partial charge in [-0.1, -0.05) is 36.4 Å². The molecule has 0 atom stereocenters. The number of hydrogen-bond acceptors (Lipinski definition) is 3. The first-order valence-corrected chi connectivity index (χ1v) is 8.61. The Morgan fingerprint density at radius 2 is 1.07 bits per heavy atom. The van der Waals surface area contributed by atoms with E-state index in [0.717, 1.165) is 0 Å². The Balaban J connectivity index is 1.92. The van der Waals surface area contributed by atoms with Crippen LogP contribution in [0, 0.1) is 11.6 Å². The Morgan fingerprint density at radius 3 is 1.46 bits per heavy atom. The molecule has 0 N–H and O–H groups in total. The van der Waals surface area contributed by atoms with Crippen LogP contribution in [-0.4, -0.2) is 15.8 Å². The summed E-state index contributed by atoms with van der Waals surface area (Å²) in [6.45, 7) is 0. The van der Waals surface area contributed by atoms with E-state index in [1.165, 1.54) is 48.8 Å². The summed E-state index contributed by atoms with van der Waals surface area (Å²) < 4.78 is 29.3. The van der Waals surface area contributed by atoms with Gasteiger partial charge < -0.3 is 0 Å². The summed E-state index contributed by atoms with van der Waals surface area (Å²) in [5.41, 5.74) is 1.07. The molecule has 4 aromatic rings. The van der Waals surface area contributed by atoms with Gasteiger partial charge in [0.1, 0.15) is 11.6 Å². The molecule has 0 bridgehead atoms. The maximum atomic E-state index is 14.6. The van der Waals surface area contributed by atoms with E-state index in [1.54, 1.807) is 36.4 Å². The molecular weight excluding hydrogens is 358 g/mol. The van der Waals surface area contributed by atoms with Crippen LogP contribution in [0.1, 0.15) is 15.9 Å². The molecule has 0 fully saturated rings.